The summed E-state index contributed by atoms with van der Waals surface area (Å²) in [4.78, 5) is 40.9. The first-order chi connectivity index (χ1) is 13.5. The fourth-order valence-electron chi connectivity index (χ4n) is 3.62. The van der Waals surface area contributed by atoms with Crippen LogP contribution in [0.3, 0.4) is 0 Å². The quantitative estimate of drug-likeness (QED) is 0.675. The molecule has 1 aromatic rings. The van der Waals surface area contributed by atoms with E-state index >= 15 is 0 Å². The summed E-state index contributed by atoms with van der Waals surface area (Å²) in [5, 5.41) is 0. The van der Waals surface area contributed by atoms with Gasteiger partial charge in [-0.15, -0.1) is 0 Å². The number of benzene rings is 1. The van der Waals surface area contributed by atoms with Gasteiger partial charge in [-0.3, -0.25) is 19.4 Å². The minimum absolute atomic E-state index is 0.0225. The van der Waals surface area contributed by atoms with Crippen molar-refractivity contribution in [2.24, 2.45) is 5.92 Å². The van der Waals surface area contributed by atoms with Gasteiger partial charge in [-0.2, -0.15) is 13.2 Å². The Labute approximate surface area is 167 Å². The van der Waals surface area contributed by atoms with Crippen LogP contribution in [0.15, 0.2) is 24.3 Å². The number of alkyl halides is 3. The van der Waals surface area contributed by atoms with E-state index in [1.807, 2.05) is 6.92 Å². The minimum Gasteiger partial charge on any atom is -0.329 e. The molecule has 0 bridgehead atoms. The largest absolute Gasteiger partial charge is 0.406 e. The van der Waals surface area contributed by atoms with Gasteiger partial charge in [0, 0.05) is 11.7 Å². The molecule has 1 saturated heterocycles. The van der Waals surface area contributed by atoms with E-state index in [4.69, 9.17) is 0 Å². The van der Waals surface area contributed by atoms with Crippen LogP contribution in [0.2, 0.25) is 0 Å². The van der Waals surface area contributed by atoms with Gasteiger partial charge in [0.2, 0.25) is 5.91 Å². The molecule has 0 radical (unpaired) electrons. The van der Waals surface area contributed by atoms with Crippen molar-refractivity contribution in [2.75, 3.05) is 18.0 Å². The van der Waals surface area contributed by atoms with Crippen LogP contribution < -0.4 is 4.90 Å². The summed E-state index contributed by atoms with van der Waals surface area (Å²) in [6.07, 6.45) is -3.02. The number of rotatable bonds is 6. The van der Waals surface area contributed by atoms with E-state index in [0.29, 0.717) is 5.69 Å². The summed E-state index contributed by atoms with van der Waals surface area (Å²) in [5.74, 6) is -1.45. The lowest BCUT2D eigenvalue weighted by Gasteiger charge is -2.31. The lowest BCUT2D eigenvalue weighted by Crippen LogP contribution is -2.50. The smallest absolute Gasteiger partial charge is 0.329 e. The van der Waals surface area contributed by atoms with E-state index in [0.717, 1.165) is 28.2 Å². The molecule has 2 atom stereocenters. The van der Waals surface area contributed by atoms with Gasteiger partial charge in [0.25, 0.3) is 5.91 Å². The fourth-order valence-corrected chi connectivity index (χ4v) is 3.62. The van der Waals surface area contributed by atoms with Crippen molar-refractivity contribution in [3.8, 4) is 0 Å². The topological polar surface area (TPSA) is 60.9 Å². The molecule has 158 valence electrons. The molecule has 2 aliphatic rings. The van der Waals surface area contributed by atoms with Gasteiger partial charge in [-0.1, -0.05) is 17.7 Å². The second-order valence-electron chi connectivity index (χ2n) is 7.80. The number of aryl methyl sites for hydroxylation is 1. The molecular formula is C20H24F3N3O3. The number of imide groups is 1. The lowest BCUT2D eigenvalue weighted by atomic mass is 10.1. The van der Waals surface area contributed by atoms with Crippen LogP contribution in [-0.4, -0.2) is 59.0 Å². The third kappa shape index (κ3) is 4.54. The van der Waals surface area contributed by atoms with Gasteiger partial charge in [-0.05, 0) is 51.7 Å². The zero-order chi connectivity index (χ0) is 21.5. The predicted octanol–water partition coefficient (Wildman–Crippen LogP) is 3.34. The van der Waals surface area contributed by atoms with E-state index in [-0.39, 0.29) is 5.92 Å². The summed E-state index contributed by atoms with van der Waals surface area (Å²) >= 11 is 0. The van der Waals surface area contributed by atoms with E-state index < -0.39 is 49.2 Å². The van der Waals surface area contributed by atoms with Gasteiger partial charge in [0.05, 0.1) is 0 Å². The Hall–Kier alpha value is -2.58. The van der Waals surface area contributed by atoms with Crippen molar-refractivity contribution >= 4 is 23.5 Å². The van der Waals surface area contributed by atoms with Crippen molar-refractivity contribution < 1.29 is 27.6 Å². The second kappa shape index (κ2) is 7.68. The molecule has 0 aromatic heterocycles. The summed E-state index contributed by atoms with van der Waals surface area (Å²) in [6, 6.07) is 4.82. The third-order valence-corrected chi connectivity index (χ3v) is 5.52. The minimum atomic E-state index is -4.56. The molecule has 9 heteroatoms. The van der Waals surface area contributed by atoms with Crippen molar-refractivity contribution in [2.45, 2.75) is 51.9 Å². The summed E-state index contributed by atoms with van der Waals surface area (Å²) in [5.41, 5.74) is 1.47. The number of hydrogen-bond donors (Lipinski definition) is 0. The first-order valence-corrected chi connectivity index (χ1v) is 9.57. The first kappa shape index (κ1) is 21.1. The molecule has 1 saturated carbocycles. The Balaban J connectivity index is 1.78. The van der Waals surface area contributed by atoms with Gasteiger partial charge in [0.15, 0.2) is 0 Å². The molecule has 2 fully saturated rings. The second-order valence-corrected chi connectivity index (χ2v) is 7.80. The average Bonchev–Trinajstić information content (AvgIpc) is 3.46. The molecule has 6 nitrogen and oxygen atoms in total. The van der Waals surface area contributed by atoms with E-state index in [1.165, 1.54) is 11.8 Å². The fraction of sp³-hybridized carbons (Fsp3) is 0.550. The van der Waals surface area contributed by atoms with Crippen molar-refractivity contribution in [3.05, 3.63) is 29.8 Å². The molecule has 0 spiro atoms. The molecule has 4 amide bonds. The Kier molecular flexibility index (Phi) is 5.60. The summed E-state index contributed by atoms with van der Waals surface area (Å²) in [6.45, 7) is 2.90. The predicted molar refractivity (Wildman–Crippen MR) is 100 cm³/mol. The van der Waals surface area contributed by atoms with Crippen LogP contribution >= 0.6 is 0 Å². The Morgan fingerprint density at radius 3 is 2.31 bits per heavy atom. The van der Waals surface area contributed by atoms with Crippen LogP contribution in [-0.2, 0) is 9.59 Å². The monoisotopic (exact) mass is 411 g/mol. The third-order valence-electron chi connectivity index (χ3n) is 5.52. The van der Waals surface area contributed by atoms with Gasteiger partial charge >= 0.3 is 12.2 Å². The molecule has 1 aromatic carbocycles. The van der Waals surface area contributed by atoms with Crippen LogP contribution in [0.25, 0.3) is 0 Å². The average molecular weight is 411 g/mol. The van der Waals surface area contributed by atoms with Gasteiger partial charge in [-0.25, -0.2) is 4.79 Å². The highest BCUT2D eigenvalue weighted by Gasteiger charge is 2.46. The Bertz CT molecular complexity index is 805. The van der Waals surface area contributed by atoms with Crippen molar-refractivity contribution in [3.63, 3.8) is 0 Å². The van der Waals surface area contributed by atoms with Crippen LogP contribution in [0.4, 0.5) is 23.7 Å². The Morgan fingerprint density at radius 2 is 1.79 bits per heavy atom. The first-order valence-electron chi connectivity index (χ1n) is 9.57. The van der Waals surface area contributed by atoms with E-state index in [1.54, 1.807) is 31.2 Å². The van der Waals surface area contributed by atoms with Crippen LogP contribution in [0, 0.1) is 12.8 Å². The molecule has 0 N–H and O–H groups in total. The number of carbonyl (C=O) groups is 3. The maximum atomic E-state index is 13.0. The number of halogens is 3. The molecule has 0 unspecified atom stereocenters. The number of nitrogens with zero attached hydrogens (tertiary/aromatic N) is 3. The van der Waals surface area contributed by atoms with Crippen LogP contribution in [0.1, 0.15) is 32.3 Å². The SMILES string of the molecule is Cc1ccc(N2C(=O)N(CC(=O)N(CC(F)(F)F)[C@@H](C)C3CC3)C(=O)[C@H]2C)cc1. The lowest BCUT2D eigenvalue weighted by molar-refractivity contribution is -0.166. The standard InChI is InChI=1S/C20H24F3N3O3/c1-12-4-8-16(9-5-12)26-14(3)18(28)24(19(26)29)10-17(27)25(11-20(21,22)23)13(2)15-6-7-15/h4-5,8-9,13-15H,6-7,10-11H2,1-3H3/t13-,14+/m0/s1. The Morgan fingerprint density at radius 1 is 1.21 bits per heavy atom. The number of hydrogen-bond acceptors (Lipinski definition) is 3. The number of urea groups is 1. The molecular weight excluding hydrogens is 387 g/mol. The maximum Gasteiger partial charge on any atom is 0.406 e. The highest BCUT2D eigenvalue weighted by molar-refractivity contribution is 6.15. The van der Waals surface area contributed by atoms with Crippen LogP contribution in [0.5, 0.6) is 0 Å². The molecule has 1 aliphatic carbocycles. The van der Waals surface area contributed by atoms with Crippen molar-refractivity contribution in [1.29, 1.82) is 0 Å². The van der Waals surface area contributed by atoms with E-state index in [2.05, 4.69) is 0 Å². The summed E-state index contributed by atoms with van der Waals surface area (Å²) in [7, 11) is 0. The highest BCUT2D eigenvalue weighted by Crippen LogP contribution is 2.36. The number of anilines is 1. The van der Waals surface area contributed by atoms with Gasteiger partial charge in [0.1, 0.15) is 19.1 Å². The van der Waals surface area contributed by atoms with Crippen molar-refractivity contribution in [1.82, 2.24) is 9.80 Å². The van der Waals surface area contributed by atoms with E-state index in [9.17, 15) is 27.6 Å². The molecule has 1 heterocycles. The molecule has 29 heavy (non-hydrogen) atoms. The highest BCUT2D eigenvalue weighted by atomic mass is 19.4. The molecule has 3 rings (SSSR count). The maximum absolute atomic E-state index is 13.0. The van der Waals surface area contributed by atoms with Gasteiger partial charge < -0.3 is 4.90 Å². The number of carbonyl (C=O) groups excluding carboxylic acids is 3. The normalized spacial score (nSPS) is 21.0. The number of amides is 4. The molecule has 1 aliphatic heterocycles. The zero-order valence-corrected chi connectivity index (χ0v) is 16.6. The summed E-state index contributed by atoms with van der Waals surface area (Å²) < 4.78 is 39.0. The zero-order valence-electron chi connectivity index (χ0n) is 16.6.